The van der Waals surface area contributed by atoms with Gasteiger partial charge >= 0.3 is 5.97 Å². The van der Waals surface area contributed by atoms with Crippen molar-refractivity contribution in [3.05, 3.63) is 47.5 Å². The average molecular weight is 204 g/mol. The fraction of sp³-hybridized carbons (Fsp3) is 0.308. The van der Waals surface area contributed by atoms with Crippen LogP contribution in [-0.4, -0.2) is 5.97 Å². The lowest BCUT2D eigenvalue weighted by Crippen LogP contribution is -2.07. The van der Waals surface area contributed by atoms with E-state index in [1.165, 1.54) is 0 Å². The molecule has 0 N–H and O–H groups in total. The molecule has 0 heterocycles. The topological polar surface area (TPSA) is 26.3 Å². The molecule has 0 radical (unpaired) electrons. The fourth-order valence-electron chi connectivity index (χ4n) is 1.28. The van der Waals surface area contributed by atoms with Gasteiger partial charge in [0.15, 0.2) is 0 Å². The largest absolute Gasteiger partial charge is 0.457 e. The van der Waals surface area contributed by atoms with Gasteiger partial charge in [0.25, 0.3) is 0 Å². The van der Waals surface area contributed by atoms with Crippen molar-refractivity contribution in [1.82, 2.24) is 0 Å². The first-order valence-electron chi connectivity index (χ1n) is 5.14. The van der Waals surface area contributed by atoms with Gasteiger partial charge in [0, 0.05) is 5.57 Å². The van der Waals surface area contributed by atoms with Gasteiger partial charge in [-0.25, -0.2) is 4.79 Å². The smallest absolute Gasteiger partial charge is 0.333 e. The number of allylic oxidation sites excluding steroid dienone is 1. The van der Waals surface area contributed by atoms with Crippen molar-refractivity contribution in [2.45, 2.75) is 26.9 Å². The number of carbonyl (C=O) groups excluding carboxylic acids is 1. The third kappa shape index (κ3) is 3.58. The van der Waals surface area contributed by atoms with E-state index in [0.29, 0.717) is 13.0 Å². The zero-order valence-corrected chi connectivity index (χ0v) is 9.19. The fourth-order valence-corrected chi connectivity index (χ4v) is 1.28. The van der Waals surface area contributed by atoms with Gasteiger partial charge in [-0.15, -0.1) is 0 Å². The highest BCUT2D eigenvalue weighted by atomic mass is 16.5. The van der Waals surface area contributed by atoms with Gasteiger partial charge in [-0.05, 0) is 18.9 Å². The number of carbonyl (C=O) groups is 1. The van der Waals surface area contributed by atoms with Gasteiger partial charge in [-0.1, -0.05) is 43.3 Å². The summed E-state index contributed by atoms with van der Waals surface area (Å²) in [5.41, 5.74) is 1.74. The molecule has 1 aromatic rings. The van der Waals surface area contributed by atoms with Gasteiger partial charge in [0.1, 0.15) is 6.61 Å². The lowest BCUT2D eigenvalue weighted by molar-refractivity contribution is -0.140. The van der Waals surface area contributed by atoms with E-state index in [1.54, 1.807) is 6.08 Å². The van der Waals surface area contributed by atoms with Gasteiger partial charge in [0.2, 0.25) is 0 Å². The van der Waals surface area contributed by atoms with E-state index in [-0.39, 0.29) is 5.97 Å². The van der Waals surface area contributed by atoms with Crippen LogP contribution in [0, 0.1) is 0 Å². The van der Waals surface area contributed by atoms with Crippen LogP contribution < -0.4 is 0 Å². The van der Waals surface area contributed by atoms with Crippen LogP contribution in [0.5, 0.6) is 0 Å². The molecule has 0 amide bonds. The molecule has 0 aliphatic rings. The number of hydrogen-bond donors (Lipinski definition) is 0. The second-order valence-electron chi connectivity index (χ2n) is 3.23. The standard InChI is InChI=1S/C13H16O2/c1-3-12(4-2)13(14)15-10-11-8-6-5-7-9-11/h3,5-9H,4,10H2,1-2H3. The maximum absolute atomic E-state index is 11.5. The Morgan fingerprint density at radius 3 is 2.53 bits per heavy atom. The molecular weight excluding hydrogens is 188 g/mol. The van der Waals surface area contributed by atoms with Gasteiger partial charge in [-0.3, -0.25) is 0 Å². The van der Waals surface area contributed by atoms with Crippen LogP contribution in [0.3, 0.4) is 0 Å². The van der Waals surface area contributed by atoms with E-state index in [1.807, 2.05) is 44.2 Å². The molecule has 0 aromatic heterocycles. The lowest BCUT2D eigenvalue weighted by Gasteiger charge is -2.05. The third-order valence-electron chi connectivity index (χ3n) is 2.20. The molecule has 0 aliphatic heterocycles. The first-order valence-corrected chi connectivity index (χ1v) is 5.14. The SMILES string of the molecule is CC=C(CC)C(=O)OCc1ccccc1. The van der Waals surface area contributed by atoms with Crippen molar-refractivity contribution in [3.8, 4) is 0 Å². The Bertz CT molecular complexity index is 339. The first-order chi connectivity index (χ1) is 7.27. The minimum atomic E-state index is -0.219. The average Bonchev–Trinajstić information content (AvgIpc) is 2.29. The number of rotatable bonds is 4. The highest BCUT2D eigenvalue weighted by molar-refractivity contribution is 5.88. The molecule has 0 spiro atoms. The van der Waals surface area contributed by atoms with Crippen molar-refractivity contribution in [2.24, 2.45) is 0 Å². The predicted octanol–water partition coefficient (Wildman–Crippen LogP) is 3.09. The van der Waals surface area contributed by atoms with E-state index >= 15 is 0 Å². The van der Waals surface area contributed by atoms with Crippen molar-refractivity contribution in [3.63, 3.8) is 0 Å². The molecule has 0 atom stereocenters. The number of benzene rings is 1. The van der Waals surface area contributed by atoms with Crippen LogP contribution in [0.2, 0.25) is 0 Å². The van der Waals surface area contributed by atoms with Gasteiger partial charge in [0.05, 0.1) is 0 Å². The minimum Gasteiger partial charge on any atom is -0.457 e. The number of esters is 1. The summed E-state index contributed by atoms with van der Waals surface area (Å²) in [7, 11) is 0. The molecule has 1 aromatic carbocycles. The van der Waals surface area contributed by atoms with Crippen LogP contribution in [0.4, 0.5) is 0 Å². The molecule has 0 saturated heterocycles. The van der Waals surface area contributed by atoms with Crippen LogP contribution >= 0.6 is 0 Å². The molecule has 15 heavy (non-hydrogen) atoms. The Kier molecular flexibility index (Phi) is 4.61. The molecule has 1 rings (SSSR count). The Morgan fingerprint density at radius 2 is 2.00 bits per heavy atom. The Hall–Kier alpha value is -1.57. The highest BCUT2D eigenvalue weighted by Gasteiger charge is 2.07. The second kappa shape index (κ2) is 6.02. The van der Waals surface area contributed by atoms with E-state index in [2.05, 4.69) is 0 Å². The summed E-state index contributed by atoms with van der Waals surface area (Å²) in [6.45, 7) is 4.14. The Labute approximate surface area is 90.6 Å². The van der Waals surface area contributed by atoms with Crippen LogP contribution in [0.25, 0.3) is 0 Å². The summed E-state index contributed by atoms with van der Waals surface area (Å²) in [5.74, 6) is -0.219. The van der Waals surface area contributed by atoms with Crippen molar-refractivity contribution >= 4 is 5.97 Å². The second-order valence-corrected chi connectivity index (χ2v) is 3.23. The quantitative estimate of drug-likeness (QED) is 0.556. The zero-order chi connectivity index (χ0) is 11.1. The molecule has 0 aliphatic carbocycles. The van der Waals surface area contributed by atoms with E-state index < -0.39 is 0 Å². The number of ether oxygens (including phenoxy) is 1. The predicted molar refractivity (Wildman–Crippen MR) is 60.3 cm³/mol. The maximum atomic E-state index is 11.5. The summed E-state index contributed by atoms with van der Waals surface area (Å²) in [5, 5.41) is 0. The monoisotopic (exact) mass is 204 g/mol. The van der Waals surface area contributed by atoms with Gasteiger partial charge < -0.3 is 4.74 Å². The van der Waals surface area contributed by atoms with E-state index in [0.717, 1.165) is 11.1 Å². The highest BCUT2D eigenvalue weighted by Crippen LogP contribution is 2.06. The molecule has 0 unspecified atom stereocenters. The Balaban J connectivity index is 2.48. The van der Waals surface area contributed by atoms with Crippen LogP contribution in [-0.2, 0) is 16.1 Å². The third-order valence-corrected chi connectivity index (χ3v) is 2.20. The van der Waals surface area contributed by atoms with Crippen LogP contribution in [0.1, 0.15) is 25.8 Å². The lowest BCUT2D eigenvalue weighted by atomic mass is 10.2. The van der Waals surface area contributed by atoms with Crippen molar-refractivity contribution in [2.75, 3.05) is 0 Å². The van der Waals surface area contributed by atoms with Crippen molar-refractivity contribution in [1.29, 1.82) is 0 Å². The van der Waals surface area contributed by atoms with Gasteiger partial charge in [-0.2, -0.15) is 0 Å². The summed E-state index contributed by atoms with van der Waals surface area (Å²) >= 11 is 0. The summed E-state index contributed by atoms with van der Waals surface area (Å²) in [6, 6.07) is 9.68. The summed E-state index contributed by atoms with van der Waals surface area (Å²) in [6.07, 6.45) is 2.51. The minimum absolute atomic E-state index is 0.219. The molecule has 2 nitrogen and oxygen atoms in total. The first kappa shape index (κ1) is 11.5. The molecule has 80 valence electrons. The molecular formula is C13H16O2. The van der Waals surface area contributed by atoms with Crippen LogP contribution in [0.15, 0.2) is 42.0 Å². The molecule has 2 heteroatoms. The van der Waals surface area contributed by atoms with E-state index in [9.17, 15) is 4.79 Å². The summed E-state index contributed by atoms with van der Waals surface area (Å²) in [4.78, 5) is 11.5. The summed E-state index contributed by atoms with van der Waals surface area (Å²) < 4.78 is 5.16. The number of hydrogen-bond acceptors (Lipinski definition) is 2. The Morgan fingerprint density at radius 1 is 1.33 bits per heavy atom. The molecule has 0 fully saturated rings. The van der Waals surface area contributed by atoms with Crippen molar-refractivity contribution < 1.29 is 9.53 Å². The molecule has 0 saturated carbocycles. The zero-order valence-electron chi connectivity index (χ0n) is 9.19. The molecule has 0 bridgehead atoms. The maximum Gasteiger partial charge on any atom is 0.333 e. The normalized spacial score (nSPS) is 11.2. The van der Waals surface area contributed by atoms with E-state index in [4.69, 9.17) is 4.74 Å².